The molecule has 0 bridgehead atoms. The average Bonchev–Trinajstić information content (AvgIpc) is 2.87. The van der Waals surface area contributed by atoms with E-state index >= 15 is 0 Å². The van der Waals surface area contributed by atoms with Crippen LogP contribution in [-0.4, -0.2) is 13.2 Å². The molecule has 5 heteroatoms. The summed E-state index contributed by atoms with van der Waals surface area (Å²) >= 11 is 1.60. The van der Waals surface area contributed by atoms with Crippen LogP contribution in [0.5, 0.6) is 5.75 Å². The van der Waals surface area contributed by atoms with E-state index in [-0.39, 0.29) is 5.75 Å². The molecule has 0 N–H and O–H groups in total. The van der Waals surface area contributed by atoms with Crippen LogP contribution in [-0.2, 0) is 0 Å². The van der Waals surface area contributed by atoms with E-state index in [9.17, 15) is 9.59 Å². The number of para-hydroxylation sites is 1. The van der Waals surface area contributed by atoms with E-state index in [1.165, 1.54) is 0 Å². The van der Waals surface area contributed by atoms with Crippen LogP contribution in [0.2, 0.25) is 0 Å². The summed E-state index contributed by atoms with van der Waals surface area (Å²) in [5, 5.41) is 0.951. The largest absolute Gasteiger partial charge is 0.489 e. The number of anilines is 1. The van der Waals surface area contributed by atoms with Crippen molar-refractivity contribution in [1.82, 2.24) is 0 Å². The van der Waals surface area contributed by atoms with Gasteiger partial charge in [-0.3, -0.25) is 9.59 Å². The Balaban J connectivity index is 2.01. The van der Waals surface area contributed by atoms with E-state index in [0.717, 1.165) is 22.2 Å². The highest BCUT2D eigenvalue weighted by atomic mass is 32.2. The highest BCUT2D eigenvalue weighted by molar-refractivity contribution is 8.03. The van der Waals surface area contributed by atoms with Gasteiger partial charge in [0.05, 0.1) is 22.9 Å². The van der Waals surface area contributed by atoms with Gasteiger partial charge in [0.1, 0.15) is 0 Å². The van der Waals surface area contributed by atoms with Crippen molar-refractivity contribution >= 4 is 23.5 Å². The summed E-state index contributed by atoms with van der Waals surface area (Å²) in [4.78, 5) is 26.6. The van der Waals surface area contributed by atoms with Gasteiger partial charge in [0.25, 0.3) is 5.43 Å². The monoisotopic (exact) mass is 301 g/mol. The Bertz CT molecular complexity index is 787. The Morgan fingerprint density at radius 3 is 2.67 bits per heavy atom. The molecule has 0 radical (unpaired) electrons. The lowest BCUT2D eigenvalue weighted by Gasteiger charge is -2.18. The molecule has 21 heavy (non-hydrogen) atoms. The summed E-state index contributed by atoms with van der Waals surface area (Å²) in [5.41, 5.74) is 0.536. The quantitative estimate of drug-likeness (QED) is 0.812. The summed E-state index contributed by atoms with van der Waals surface area (Å²) < 4.78 is 5.27. The molecule has 0 amide bonds. The number of thioether (sulfide) groups is 1. The van der Waals surface area contributed by atoms with Crippen LogP contribution in [0, 0.1) is 0 Å². The highest BCUT2D eigenvalue weighted by Crippen LogP contribution is 2.46. The molecular weight excluding hydrogens is 286 g/mol. The third-order valence-corrected chi connectivity index (χ3v) is 4.52. The fraction of sp³-hybridized carbons (Fsp3) is 0.250. The van der Waals surface area contributed by atoms with Crippen molar-refractivity contribution in [1.29, 1.82) is 0 Å². The molecule has 0 atom stereocenters. The predicted octanol–water partition coefficient (Wildman–Crippen LogP) is 2.61. The van der Waals surface area contributed by atoms with Crippen molar-refractivity contribution in [3.63, 3.8) is 0 Å². The minimum Gasteiger partial charge on any atom is -0.489 e. The molecule has 1 heterocycles. The molecule has 3 rings (SSSR count). The van der Waals surface area contributed by atoms with Gasteiger partial charge in [0, 0.05) is 11.4 Å². The molecule has 0 spiro atoms. The Morgan fingerprint density at radius 1 is 1.19 bits per heavy atom. The van der Waals surface area contributed by atoms with Crippen molar-refractivity contribution in [2.75, 3.05) is 18.1 Å². The van der Waals surface area contributed by atoms with Crippen LogP contribution in [0.15, 0.2) is 43.8 Å². The minimum absolute atomic E-state index is 0.197. The van der Waals surface area contributed by atoms with Crippen LogP contribution in [0.1, 0.15) is 19.4 Å². The lowest BCUT2D eigenvalue weighted by Crippen LogP contribution is -2.35. The molecular formula is C16H15NO3S. The number of ether oxygens (including phenoxy) is 1. The van der Waals surface area contributed by atoms with E-state index in [0.29, 0.717) is 12.2 Å². The van der Waals surface area contributed by atoms with E-state index in [1.807, 2.05) is 12.1 Å². The van der Waals surface area contributed by atoms with Gasteiger partial charge in [-0.25, -0.2) is 0 Å². The molecule has 108 valence electrons. The summed E-state index contributed by atoms with van der Waals surface area (Å²) in [7, 11) is 0. The molecule has 0 aliphatic carbocycles. The Labute approximate surface area is 126 Å². The minimum atomic E-state index is -0.521. The molecule has 0 saturated carbocycles. The van der Waals surface area contributed by atoms with E-state index in [4.69, 9.17) is 4.74 Å². The molecule has 0 aromatic heterocycles. The molecule has 0 unspecified atom stereocenters. The summed E-state index contributed by atoms with van der Waals surface area (Å²) in [6.45, 7) is 5.04. The van der Waals surface area contributed by atoms with Crippen molar-refractivity contribution < 1.29 is 4.74 Å². The average molecular weight is 301 g/mol. The number of benzene rings is 1. The van der Waals surface area contributed by atoms with Gasteiger partial charge < -0.3 is 9.64 Å². The molecule has 0 saturated heterocycles. The van der Waals surface area contributed by atoms with E-state index in [1.54, 1.807) is 24.8 Å². The normalized spacial score (nSPS) is 15.7. The second kappa shape index (κ2) is 5.41. The molecule has 2 aromatic rings. The van der Waals surface area contributed by atoms with Crippen LogP contribution in [0.25, 0.3) is 6.08 Å². The third kappa shape index (κ3) is 2.17. The maximum atomic E-state index is 11.7. The van der Waals surface area contributed by atoms with Gasteiger partial charge >= 0.3 is 0 Å². The number of fused-ring (bicyclic) bond motifs is 1. The van der Waals surface area contributed by atoms with Gasteiger partial charge in [-0.1, -0.05) is 23.9 Å². The zero-order chi connectivity index (χ0) is 15.0. The lowest BCUT2D eigenvalue weighted by atomic mass is 10.1. The predicted molar refractivity (Wildman–Crippen MR) is 85.8 cm³/mol. The summed E-state index contributed by atoms with van der Waals surface area (Å²) in [6.07, 6.45) is 1.77. The van der Waals surface area contributed by atoms with Crippen molar-refractivity contribution in [2.45, 2.75) is 18.7 Å². The Kier molecular flexibility index (Phi) is 3.59. The zero-order valence-electron chi connectivity index (χ0n) is 11.9. The first-order chi connectivity index (χ1) is 10.2. The fourth-order valence-electron chi connectivity index (χ4n) is 2.42. The maximum Gasteiger partial charge on any atom is 0.268 e. The van der Waals surface area contributed by atoms with Gasteiger partial charge in [-0.05, 0) is 32.1 Å². The number of hydrogen-bond donors (Lipinski definition) is 0. The summed E-state index contributed by atoms with van der Waals surface area (Å²) in [6, 6.07) is 8.09. The van der Waals surface area contributed by atoms with Gasteiger partial charge in [0.15, 0.2) is 5.75 Å². The van der Waals surface area contributed by atoms with Crippen LogP contribution in [0.4, 0.5) is 5.69 Å². The van der Waals surface area contributed by atoms with Crippen molar-refractivity contribution in [3.8, 4) is 5.75 Å². The van der Waals surface area contributed by atoms with Gasteiger partial charge in [0.2, 0.25) is 5.43 Å². The molecule has 1 aliphatic rings. The lowest BCUT2D eigenvalue weighted by molar-refractivity contribution is 0.332. The first-order valence-corrected chi connectivity index (χ1v) is 7.71. The standard InChI is InChI=1S/C16H15NO3S/c1-3-17-11-7-5-6-8-12(11)21-13(17)9-10-14(18)15(19)16(10)20-4-2/h5-9H,3-4H2,1-2H3/b13-9-. The number of rotatable bonds is 4. The van der Waals surface area contributed by atoms with Gasteiger partial charge in [-0.2, -0.15) is 0 Å². The van der Waals surface area contributed by atoms with Crippen molar-refractivity contribution in [2.24, 2.45) is 0 Å². The topological polar surface area (TPSA) is 46.6 Å². The Hall–Kier alpha value is -2.01. The molecule has 0 fully saturated rings. The maximum absolute atomic E-state index is 11.7. The molecule has 4 nitrogen and oxygen atoms in total. The third-order valence-electron chi connectivity index (χ3n) is 3.41. The summed E-state index contributed by atoms with van der Waals surface area (Å²) in [5.74, 6) is 0.197. The SMILES string of the molecule is CCOc1c(/C=C2\Sc3ccccc3N2CC)c(=O)c1=O. The van der Waals surface area contributed by atoms with Gasteiger partial charge in [-0.15, -0.1) is 0 Å². The smallest absolute Gasteiger partial charge is 0.268 e. The van der Waals surface area contributed by atoms with Crippen LogP contribution < -0.4 is 20.5 Å². The molecule has 1 aliphatic heterocycles. The number of nitrogens with zero attached hydrogens (tertiary/aromatic N) is 1. The Morgan fingerprint density at radius 2 is 1.95 bits per heavy atom. The van der Waals surface area contributed by atoms with E-state index in [2.05, 4.69) is 24.0 Å². The van der Waals surface area contributed by atoms with Crippen LogP contribution in [0.3, 0.4) is 0 Å². The van der Waals surface area contributed by atoms with Crippen LogP contribution >= 0.6 is 11.8 Å². The number of hydrogen-bond acceptors (Lipinski definition) is 5. The second-order valence-electron chi connectivity index (χ2n) is 4.63. The second-order valence-corrected chi connectivity index (χ2v) is 5.69. The zero-order valence-corrected chi connectivity index (χ0v) is 12.7. The molecule has 2 aromatic carbocycles. The highest BCUT2D eigenvalue weighted by Gasteiger charge is 2.27. The fourth-order valence-corrected chi connectivity index (χ4v) is 3.59. The first kappa shape index (κ1) is 13.9. The van der Waals surface area contributed by atoms with E-state index < -0.39 is 10.9 Å². The van der Waals surface area contributed by atoms with Crippen molar-refractivity contribution in [3.05, 3.63) is 55.3 Å². The first-order valence-electron chi connectivity index (χ1n) is 6.89.